The number of nitrogen functional groups attached to an aromatic ring is 1. The van der Waals surface area contributed by atoms with E-state index in [-0.39, 0.29) is 11.5 Å². The zero-order valence-corrected chi connectivity index (χ0v) is 8.67. The van der Waals surface area contributed by atoms with Crippen molar-refractivity contribution in [1.82, 2.24) is 4.98 Å². The lowest BCUT2D eigenvalue weighted by atomic mass is 10.2. The quantitative estimate of drug-likeness (QED) is 0.461. The third-order valence-electron chi connectivity index (χ3n) is 2.47. The molecular weight excluding hydrogens is 208 g/mol. The molecule has 2 rings (SSSR count). The number of hydrogen-bond donors (Lipinski definition) is 1. The Kier molecular flexibility index (Phi) is 2.72. The van der Waals surface area contributed by atoms with Crippen LogP contribution >= 0.6 is 0 Å². The van der Waals surface area contributed by atoms with Crippen LogP contribution in [0.15, 0.2) is 24.3 Å². The lowest BCUT2D eigenvalue weighted by molar-refractivity contribution is -0.384. The Morgan fingerprint density at radius 3 is 2.81 bits per heavy atom. The van der Waals surface area contributed by atoms with Crippen LogP contribution in [-0.2, 0) is 0 Å². The Labute approximate surface area is 92.5 Å². The maximum atomic E-state index is 10.6. The van der Waals surface area contributed by atoms with Crippen molar-refractivity contribution in [2.45, 2.75) is 6.42 Å². The lowest BCUT2D eigenvalue weighted by Gasteiger charge is -2.24. The fraction of sp³-hybridized carbons (Fsp3) is 0.300. The molecule has 0 spiro atoms. The molecule has 0 saturated heterocycles. The van der Waals surface area contributed by atoms with Gasteiger partial charge in [-0.15, -0.1) is 0 Å². The summed E-state index contributed by atoms with van der Waals surface area (Å²) in [7, 11) is 0. The Morgan fingerprint density at radius 1 is 1.44 bits per heavy atom. The summed E-state index contributed by atoms with van der Waals surface area (Å²) < 4.78 is 0. The molecule has 6 heteroatoms. The molecule has 0 amide bonds. The fourth-order valence-electron chi connectivity index (χ4n) is 1.64. The SMILES string of the molecule is Nc1nc(N2CC=CCC2)ccc1[N+](=O)[O-]. The number of anilines is 2. The molecule has 84 valence electrons. The first-order valence-corrected chi connectivity index (χ1v) is 4.99. The van der Waals surface area contributed by atoms with Gasteiger partial charge in [0, 0.05) is 19.2 Å². The van der Waals surface area contributed by atoms with E-state index in [1.54, 1.807) is 6.07 Å². The fourth-order valence-corrected chi connectivity index (χ4v) is 1.64. The molecule has 0 aliphatic carbocycles. The van der Waals surface area contributed by atoms with Crippen molar-refractivity contribution >= 4 is 17.3 Å². The highest BCUT2D eigenvalue weighted by Crippen LogP contribution is 2.23. The van der Waals surface area contributed by atoms with Crippen LogP contribution in [0.1, 0.15) is 6.42 Å². The van der Waals surface area contributed by atoms with Crippen LogP contribution in [0.4, 0.5) is 17.3 Å². The standard InChI is InChI=1S/C10H12N4O2/c11-10-8(14(15)16)4-5-9(12-10)13-6-2-1-3-7-13/h1-2,4-5H,3,6-7H2,(H2,11,12). The molecule has 6 nitrogen and oxygen atoms in total. The van der Waals surface area contributed by atoms with Gasteiger partial charge >= 0.3 is 5.69 Å². The lowest BCUT2D eigenvalue weighted by Crippen LogP contribution is -2.27. The number of nitrogens with zero attached hydrogens (tertiary/aromatic N) is 3. The third kappa shape index (κ3) is 1.95. The molecular formula is C10H12N4O2. The second-order valence-electron chi connectivity index (χ2n) is 3.54. The maximum Gasteiger partial charge on any atom is 0.311 e. The van der Waals surface area contributed by atoms with E-state index in [2.05, 4.69) is 11.1 Å². The highest BCUT2D eigenvalue weighted by atomic mass is 16.6. The molecule has 0 bridgehead atoms. The molecule has 2 N–H and O–H groups in total. The van der Waals surface area contributed by atoms with Crippen LogP contribution in [0.3, 0.4) is 0 Å². The monoisotopic (exact) mass is 220 g/mol. The van der Waals surface area contributed by atoms with E-state index >= 15 is 0 Å². The van der Waals surface area contributed by atoms with E-state index in [0.29, 0.717) is 5.82 Å². The topological polar surface area (TPSA) is 85.3 Å². The minimum Gasteiger partial charge on any atom is -0.378 e. The number of hydrogen-bond acceptors (Lipinski definition) is 5. The zero-order valence-electron chi connectivity index (χ0n) is 8.67. The molecule has 1 aromatic rings. The van der Waals surface area contributed by atoms with Gasteiger partial charge in [-0.2, -0.15) is 0 Å². The van der Waals surface area contributed by atoms with E-state index < -0.39 is 4.92 Å². The van der Waals surface area contributed by atoms with Crippen molar-refractivity contribution in [2.75, 3.05) is 23.7 Å². The van der Waals surface area contributed by atoms with Gasteiger partial charge in [-0.1, -0.05) is 12.2 Å². The first-order valence-electron chi connectivity index (χ1n) is 4.99. The summed E-state index contributed by atoms with van der Waals surface area (Å²) in [6, 6.07) is 3.03. The molecule has 0 atom stereocenters. The number of rotatable bonds is 2. The Morgan fingerprint density at radius 2 is 2.25 bits per heavy atom. The Bertz CT molecular complexity index is 444. The van der Waals surface area contributed by atoms with Gasteiger partial charge in [-0.3, -0.25) is 10.1 Å². The van der Waals surface area contributed by atoms with Gasteiger partial charge in [0.05, 0.1) is 4.92 Å². The number of aromatic nitrogens is 1. The summed E-state index contributed by atoms with van der Waals surface area (Å²) in [6.07, 6.45) is 5.10. The average molecular weight is 220 g/mol. The first kappa shape index (κ1) is 10.4. The van der Waals surface area contributed by atoms with Gasteiger partial charge in [-0.05, 0) is 12.5 Å². The summed E-state index contributed by atoms with van der Waals surface area (Å²) in [5.74, 6) is 0.657. The highest BCUT2D eigenvalue weighted by molar-refractivity contribution is 5.58. The second-order valence-corrected chi connectivity index (χ2v) is 3.54. The predicted molar refractivity (Wildman–Crippen MR) is 61.3 cm³/mol. The summed E-state index contributed by atoms with van der Waals surface area (Å²) >= 11 is 0. The maximum absolute atomic E-state index is 10.6. The molecule has 1 aromatic heterocycles. The smallest absolute Gasteiger partial charge is 0.311 e. The summed E-state index contributed by atoms with van der Waals surface area (Å²) in [5.41, 5.74) is 5.39. The molecule has 0 saturated carbocycles. The molecule has 0 aromatic carbocycles. The van der Waals surface area contributed by atoms with Crippen LogP contribution in [0.25, 0.3) is 0 Å². The van der Waals surface area contributed by atoms with Gasteiger partial charge in [-0.25, -0.2) is 4.98 Å². The van der Waals surface area contributed by atoms with E-state index in [1.165, 1.54) is 6.07 Å². The molecule has 2 heterocycles. The van der Waals surface area contributed by atoms with Crippen LogP contribution in [0.2, 0.25) is 0 Å². The van der Waals surface area contributed by atoms with Gasteiger partial charge < -0.3 is 10.6 Å². The van der Waals surface area contributed by atoms with Crippen molar-refractivity contribution < 1.29 is 4.92 Å². The van der Waals surface area contributed by atoms with Crippen LogP contribution in [0.5, 0.6) is 0 Å². The minimum atomic E-state index is -0.526. The van der Waals surface area contributed by atoms with Crippen LogP contribution in [0, 0.1) is 10.1 Å². The summed E-state index contributed by atoms with van der Waals surface area (Å²) in [5, 5.41) is 10.6. The van der Waals surface area contributed by atoms with Gasteiger partial charge in [0.2, 0.25) is 5.82 Å². The van der Waals surface area contributed by atoms with Crippen molar-refractivity contribution in [2.24, 2.45) is 0 Å². The Hall–Kier alpha value is -2.11. The second kappa shape index (κ2) is 4.18. The van der Waals surface area contributed by atoms with Crippen molar-refractivity contribution in [1.29, 1.82) is 0 Å². The molecule has 1 aliphatic rings. The number of pyridine rings is 1. The molecule has 0 radical (unpaired) electrons. The molecule has 0 fully saturated rings. The largest absolute Gasteiger partial charge is 0.378 e. The summed E-state index contributed by atoms with van der Waals surface area (Å²) in [4.78, 5) is 16.1. The molecule has 0 unspecified atom stereocenters. The van der Waals surface area contributed by atoms with E-state index in [9.17, 15) is 10.1 Å². The Balaban J connectivity index is 2.26. The van der Waals surface area contributed by atoms with E-state index in [4.69, 9.17) is 5.73 Å². The van der Waals surface area contributed by atoms with E-state index in [1.807, 2.05) is 11.0 Å². The van der Waals surface area contributed by atoms with Gasteiger partial charge in [0.25, 0.3) is 0 Å². The van der Waals surface area contributed by atoms with Gasteiger partial charge in [0.1, 0.15) is 5.82 Å². The molecule has 16 heavy (non-hydrogen) atoms. The number of nitrogens with two attached hydrogens (primary N) is 1. The summed E-state index contributed by atoms with van der Waals surface area (Å²) in [6.45, 7) is 1.63. The number of nitro groups is 1. The highest BCUT2D eigenvalue weighted by Gasteiger charge is 2.16. The first-order chi connectivity index (χ1) is 7.68. The van der Waals surface area contributed by atoms with E-state index in [0.717, 1.165) is 19.5 Å². The van der Waals surface area contributed by atoms with Crippen LogP contribution in [-0.4, -0.2) is 23.0 Å². The average Bonchev–Trinajstić information content (AvgIpc) is 2.29. The predicted octanol–water partition coefficient (Wildman–Crippen LogP) is 1.34. The normalized spacial score (nSPS) is 15.1. The minimum absolute atomic E-state index is 0.0305. The van der Waals surface area contributed by atoms with Gasteiger partial charge in [0.15, 0.2) is 0 Å². The van der Waals surface area contributed by atoms with Crippen molar-refractivity contribution in [3.63, 3.8) is 0 Å². The molecule has 1 aliphatic heterocycles. The van der Waals surface area contributed by atoms with Crippen molar-refractivity contribution in [3.8, 4) is 0 Å². The van der Waals surface area contributed by atoms with Crippen LogP contribution < -0.4 is 10.6 Å². The van der Waals surface area contributed by atoms with Crippen molar-refractivity contribution in [3.05, 3.63) is 34.4 Å². The zero-order chi connectivity index (χ0) is 11.5. The third-order valence-corrected chi connectivity index (χ3v) is 2.47.